The van der Waals surface area contributed by atoms with E-state index < -0.39 is 0 Å². The Balaban J connectivity index is 2.08. The van der Waals surface area contributed by atoms with Gasteiger partial charge in [-0.25, -0.2) is 14.6 Å². The molecule has 0 radical (unpaired) electrons. The van der Waals surface area contributed by atoms with Crippen LogP contribution in [0.2, 0.25) is 0 Å². The molecular formula is C12H10N6. The van der Waals surface area contributed by atoms with E-state index in [1.807, 2.05) is 36.4 Å². The highest BCUT2D eigenvalue weighted by Gasteiger charge is 2.09. The maximum atomic E-state index is 4.26. The first-order valence-electron chi connectivity index (χ1n) is 5.45. The summed E-state index contributed by atoms with van der Waals surface area (Å²) in [7, 11) is 1.78. The highest BCUT2D eigenvalue weighted by molar-refractivity contribution is 5.63. The summed E-state index contributed by atoms with van der Waals surface area (Å²) in [5.41, 5.74) is 2.59. The molecular weight excluding hydrogens is 228 g/mol. The zero-order chi connectivity index (χ0) is 12.4. The van der Waals surface area contributed by atoms with Gasteiger partial charge in [0.15, 0.2) is 0 Å². The van der Waals surface area contributed by atoms with Crippen molar-refractivity contribution in [3.8, 4) is 22.8 Å². The van der Waals surface area contributed by atoms with E-state index in [1.165, 1.54) is 6.33 Å². The SMILES string of the molecule is Cn1nnnc1-c1cc(-c2ccccc2)ncn1. The summed E-state index contributed by atoms with van der Waals surface area (Å²) in [6.07, 6.45) is 1.52. The lowest BCUT2D eigenvalue weighted by atomic mass is 10.1. The van der Waals surface area contributed by atoms with Crippen LogP contribution in [0, 0.1) is 0 Å². The van der Waals surface area contributed by atoms with Crippen molar-refractivity contribution in [3.63, 3.8) is 0 Å². The molecule has 0 unspecified atom stereocenters. The van der Waals surface area contributed by atoms with Gasteiger partial charge in [0.1, 0.15) is 12.0 Å². The van der Waals surface area contributed by atoms with Gasteiger partial charge in [-0.3, -0.25) is 0 Å². The van der Waals surface area contributed by atoms with Crippen LogP contribution in [0.25, 0.3) is 22.8 Å². The molecule has 1 aromatic carbocycles. The van der Waals surface area contributed by atoms with Crippen molar-refractivity contribution in [3.05, 3.63) is 42.7 Å². The molecule has 6 nitrogen and oxygen atoms in total. The van der Waals surface area contributed by atoms with Crippen LogP contribution in [0.1, 0.15) is 0 Å². The van der Waals surface area contributed by atoms with E-state index >= 15 is 0 Å². The zero-order valence-electron chi connectivity index (χ0n) is 9.72. The van der Waals surface area contributed by atoms with Crippen LogP contribution in [-0.2, 0) is 7.05 Å². The molecule has 0 aliphatic rings. The van der Waals surface area contributed by atoms with Crippen LogP contribution < -0.4 is 0 Å². The van der Waals surface area contributed by atoms with Gasteiger partial charge in [0.2, 0.25) is 5.82 Å². The molecule has 3 rings (SSSR count). The van der Waals surface area contributed by atoms with Crippen LogP contribution in [0.3, 0.4) is 0 Å². The van der Waals surface area contributed by atoms with Crippen LogP contribution in [0.15, 0.2) is 42.7 Å². The lowest BCUT2D eigenvalue weighted by molar-refractivity contribution is 0.713. The van der Waals surface area contributed by atoms with E-state index in [4.69, 9.17) is 0 Å². The monoisotopic (exact) mass is 238 g/mol. The highest BCUT2D eigenvalue weighted by Crippen LogP contribution is 2.20. The lowest BCUT2D eigenvalue weighted by Crippen LogP contribution is -1.97. The Morgan fingerprint density at radius 3 is 2.50 bits per heavy atom. The first-order chi connectivity index (χ1) is 8.84. The summed E-state index contributed by atoms with van der Waals surface area (Å²) in [5.74, 6) is 0.620. The molecule has 0 N–H and O–H groups in total. The number of rotatable bonds is 2. The smallest absolute Gasteiger partial charge is 0.200 e. The molecule has 0 amide bonds. The van der Waals surface area contributed by atoms with E-state index in [9.17, 15) is 0 Å². The number of hydrogen-bond donors (Lipinski definition) is 0. The van der Waals surface area contributed by atoms with Gasteiger partial charge in [0.25, 0.3) is 0 Å². The molecule has 0 atom stereocenters. The maximum absolute atomic E-state index is 4.26. The standard InChI is InChI=1S/C12H10N6/c1-18-12(15-16-17-18)11-7-10(13-8-14-11)9-5-3-2-4-6-9/h2-8H,1H3. The predicted molar refractivity (Wildman–Crippen MR) is 65.3 cm³/mol. The third kappa shape index (κ3) is 1.84. The zero-order valence-corrected chi connectivity index (χ0v) is 9.72. The summed E-state index contributed by atoms with van der Waals surface area (Å²) in [5, 5.41) is 11.3. The summed E-state index contributed by atoms with van der Waals surface area (Å²) in [4.78, 5) is 8.45. The van der Waals surface area contributed by atoms with Gasteiger partial charge in [-0.2, -0.15) is 0 Å². The number of nitrogens with zero attached hydrogens (tertiary/aromatic N) is 6. The van der Waals surface area contributed by atoms with Crippen molar-refractivity contribution in [2.75, 3.05) is 0 Å². The maximum Gasteiger partial charge on any atom is 0.200 e. The average Bonchev–Trinajstić information content (AvgIpc) is 2.86. The molecule has 88 valence electrons. The Bertz CT molecular complexity index is 661. The van der Waals surface area contributed by atoms with E-state index in [1.54, 1.807) is 11.7 Å². The number of benzene rings is 1. The van der Waals surface area contributed by atoms with Gasteiger partial charge in [-0.05, 0) is 16.5 Å². The van der Waals surface area contributed by atoms with E-state index in [-0.39, 0.29) is 0 Å². The molecule has 0 saturated heterocycles. The third-order valence-electron chi connectivity index (χ3n) is 2.59. The van der Waals surface area contributed by atoms with E-state index in [2.05, 4.69) is 25.5 Å². The molecule has 0 aliphatic carbocycles. The predicted octanol–water partition coefficient (Wildman–Crippen LogP) is 1.33. The molecule has 3 aromatic rings. The first-order valence-corrected chi connectivity index (χ1v) is 5.45. The minimum atomic E-state index is 0.620. The lowest BCUT2D eigenvalue weighted by Gasteiger charge is -2.02. The fraction of sp³-hybridized carbons (Fsp3) is 0.0833. The van der Waals surface area contributed by atoms with Gasteiger partial charge in [0, 0.05) is 12.6 Å². The molecule has 0 fully saturated rings. The number of aromatic nitrogens is 6. The minimum absolute atomic E-state index is 0.620. The van der Waals surface area contributed by atoms with E-state index in [0.29, 0.717) is 11.5 Å². The average molecular weight is 238 g/mol. The number of hydrogen-bond acceptors (Lipinski definition) is 5. The normalized spacial score (nSPS) is 10.5. The Morgan fingerprint density at radius 2 is 1.78 bits per heavy atom. The first kappa shape index (κ1) is 10.5. The Labute approximate surface area is 103 Å². The summed E-state index contributed by atoms with van der Waals surface area (Å²) in [6, 6.07) is 11.8. The van der Waals surface area contributed by atoms with Crippen molar-refractivity contribution in [2.24, 2.45) is 7.05 Å². The van der Waals surface area contributed by atoms with Gasteiger partial charge in [-0.1, -0.05) is 30.3 Å². The van der Waals surface area contributed by atoms with Crippen molar-refractivity contribution in [1.82, 2.24) is 30.2 Å². The van der Waals surface area contributed by atoms with Crippen LogP contribution in [0.5, 0.6) is 0 Å². The van der Waals surface area contributed by atoms with E-state index in [0.717, 1.165) is 11.3 Å². The third-order valence-corrected chi connectivity index (χ3v) is 2.59. The fourth-order valence-electron chi connectivity index (χ4n) is 1.69. The number of tetrazole rings is 1. The van der Waals surface area contributed by atoms with Gasteiger partial charge in [0.05, 0.1) is 5.69 Å². The Morgan fingerprint density at radius 1 is 1.00 bits per heavy atom. The quantitative estimate of drug-likeness (QED) is 0.673. The molecule has 0 bridgehead atoms. The molecule has 2 aromatic heterocycles. The molecule has 0 aliphatic heterocycles. The van der Waals surface area contributed by atoms with Crippen molar-refractivity contribution >= 4 is 0 Å². The van der Waals surface area contributed by atoms with Crippen molar-refractivity contribution < 1.29 is 0 Å². The summed E-state index contributed by atoms with van der Waals surface area (Å²) >= 11 is 0. The molecule has 2 heterocycles. The second-order valence-electron chi connectivity index (χ2n) is 3.78. The topological polar surface area (TPSA) is 69.4 Å². The molecule has 0 saturated carbocycles. The van der Waals surface area contributed by atoms with Gasteiger partial charge < -0.3 is 0 Å². The number of aryl methyl sites for hydroxylation is 1. The second kappa shape index (κ2) is 4.33. The summed E-state index contributed by atoms with van der Waals surface area (Å²) < 4.78 is 1.58. The highest BCUT2D eigenvalue weighted by atomic mass is 15.5. The van der Waals surface area contributed by atoms with Crippen molar-refractivity contribution in [2.45, 2.75) is 0 Å². The second-order valence-corrected chi connectivity index (χ2v) is 3.78. The van der Waals surface area contributed by atoms with Crippen LogP contribution >= 0.6 is 0 Å². The fourth-order valence-corrected chi connectivity index (χ4v) is 1.69. The summed E-state index contributed by atoms with van der Waals surface area (Å²) in [6.45, 7) is 0. The Hall–Kier alpha value is -2.63. The largest absolute Gasteiger partial charge is 0.236 e. The van der Waals surface area contributed by atoms with Gasteiger partial charge >= 0.3 is 0 Å². The minimum Gasteiger partial charge on any atom is -0.236 e. The molecule has 0 spiro atoms. The molecule has 18 heavy (non-hydrogen) atoms. The van der Waals surface area contributed by atoms with Gasteiger partial charge in [-0.15, -0.1) is 5.10 Å². The Kier molecular flexibility index (Phi) is 2.53. The van der Waals surface area contributed by atoms with Crippen molar-refractivity contribution in [1.29, 1.82) is 0 Å². The van der Waals surface area contributed by atoms with Crippen LogP contribution in [-0.4, -0.2) is 30.2 Å². The van der Waals surface area contributed by atoms with Crippen LogP contribution in [0.4, 0.5) is 0 Å². The molecule has 6 heteroatoms.